The second kappa shape index (κ2) is 6.11. The minimum atomic E-state index is -0.0799. The highest BCUT2D eigenvalue weighted by molar-refractivity contribution is 5.03. The Morgan fingerprint density at radius 2 is 2.05 bits per heavy atom. The van der Waals surface area contributed by atoms with Gasteiger partial charge in [0.25, 0.3) is 0 Å². The smallest absolute Gasteiger partial charge is 0.0656 e. The van der Waals surface area contributed by atoms with E-state index >= 15 is 0 Å². The van der Waals surface area contributed by atoms with Gasteiger partial charge in [-0.2, -0.15) is 0 Å². The van der Waals surface area contributed by atoms with Crippen LogP contribution in [0.15, 0.2) is 0 Å². The number of hydrogen-bond acceptors (Lipinski definition) is 3. The molecule has 2 fully saturated rings. The summed E-state index contributed by atoms with van der Waals surface area (Å²) in [5.74, 6) is 1.07. The van der Waals surface area contributed by atoms with Crippen LogP contribution in [-0.4, -0.2) is 36.5 Å². The van der Waals surface area contributed by atoms with Gasteiger partial charge in [-0.25, -0.2) is 0 Å². The summed E-state index contributed by atoms with van der Waals surface area (Å²) in [5, 5.41) is 13.5. The molecule has 2 saturated carbocycles. The van der Waals surface area contributed by atoms with Crippen LogP contribution in [0.3, 0.4) is 0 Å². The lowest BCUT2D eigenvalue weighted by atomic mass is 9.64. The molecule has 4 atom stereocenters. The molecule has 2 aliphatic rings. The Morgan fingerprint density at radius 1 is 1.32 bits per heavy atom. The first-order valence-corrected chi connectivity index (χ1v) is 7.94. The number of aliphatic hydroxyl groups excluding tert-OH is 1. The maximum absolute atomic E-state index is 9.86. The summed E-state index contributed by atoms with van der Waals surface area (Å²) >= 11 is 0. The number of ether oxygens (including phenoxy) is 1. The quantitative estimate of drug-likeness (QED) is 0.779. The fourth-order valence-corrected chi connectivity index (χ4v) is 3.37. The molecule has 0 heterocycles. The molecule has 0 bridgehead atoms. The van der Waals surface area contributed by atoms with Gasteiger partial charge < -0.3 is 15.2 Å². The van der Waals surface area contributed by atoms with E-state index in [2.05, 4.69) is 33.0 Å². The second-order valence-electron chi connectivity index (χ2n) is 7.49. The van der Waals surface area contributed by atoms with E-state index in [0.29, 0.717) is 24.0 Å². The van der Waals surface area contributed by atoms with Crippen LogP contribution in [0.5, 0.6) is 0 Å². The predicted octanol–water partition coefficient (Wildman–Crippen LogP) is 2.58. The second-order valence-corrected chi connectivity index (χ2v) is 7.49. The first kappa shape index (κ1) is 15.3. The Morgan fingerprint density at radius 3 is 2.58 bits per heavy atom. The van der Waals surface area contributed by atoms with E-state index in [-0.39, 0.29) is 11.5 Å². The monoisotopic (exact) mass is 269 g/mol. The molecule has 112 valence electrons. The molecule has 0 radical (unpaired) electrons. The maximum Gasteiger partial charge on any atom is 0.0656 e. The van der Waals surface area contributed by atoms with Gasteiger partial charge >= 0.3 is 0 Å². The van der Waals surface area contributed by atoms with Crippen molar-refractivity contribution in [2.45, 2.75) is 71.6 Å². The van der Waals surface area contributed by atoms with Crippen molar-refractivity contribution in [1.29, 1.82) is 0 Å². The molecule has 0 aliphatic heterocycles. The van der Waals surface area contributed by atoms with Crippen LogP contribution >= 0.6 is 0 Å². The number of nitrogens with one attached hydrogen (secondary N) is 1. The molecule has 0 aromatic carbocycles. The lowest BCUT2D eigenvalue weighted by Gasteiger charge is -2.52. The third-order valence-electron chi connectivity index (χ3n) is 5.05. The molecule has 0 aromatic heterocycles. The normalized spacial score (nSPS) is 37.6. The van der Waals surface area contributed by atoms with Gasteiger partial charge in [-0.15, -0.1) is 0 Å². The van der Waals surface area contributed by atoms with E-state index in [1.165, 1.54) is 12.8 Å². The molecular formula is C16H31NO2. The van der Waals surface area contributed by atoms with Gasteiger partial charge in [0.05, 0.1) is 12.2 Å². The van der Waals surface area contributed by atoms with Gasteiger partial charge in [-0.3, -0.25) is 0 Å². The summed E-state index contributed by atoms with van der Waals surface area (Å²) in [6.45, 7) is 10.8. The lowest BCUT2D eigenvalue weighted by Crippen LogP contribution is -2.61. The zero-order chi connectivity index (χ0) is 14.0. The molecule has 19 heavy (non-hydrogen) atoms. The van der Waals surface area contributed by atoms with Crippen LogP contribution in [-0.2, 0) is 4.74 Å². The highest BCUT2D eigenvalue weighted by Crippen LogP contribution is 2.43. The molecule has 0 spiro atoms. The predicted molar refractivity (Wildman–Crippen MR) is 78.1 cm³/mol. The number of aliphatic hydroxyl groups is 1. The van der Waals surface area contributed by atoms with Crippen LogP contribution in [0.1, 0.15) is 53.4 Å². The Kier molecular flexibility index (Phi) is 4.91. The first-order valence-electron chi connectivity index (χ1n) is 7.94. The summed E-state index contributed by atoms with van der Waals surface area (Å²) in [5.41, 5.74) is 0.221. The SMILES string of the molecule is CC(C)COC1CC(NCC2CCCC2O)C1(C)C. The minimum absolute atomic E-state index is 0.0799. The van der Waals surface area contributed by atoms with E-state index in [4.69, 9.17) is 4.74 Å². The van der Waals surface area contributed by atoms with Crippen molar-refractivity contribution in [3.8, 4) is 0 Å². The van der Waals surface area contributed by atoms with Crippen molar-refractivity contribution in [1.82, 2.24) is 5.32 Å². The molecule has 0 saturated heterocycles. The van der Waals surface area contributed by atoms with Crippen molar-refractivity contribution in [3.63, 3.8) is 0 Å². The van der Waals surface area contributed by atoms with Crippen molar-refractivity contribution < 1.29 is 9.84 Å². The van der Waals surface area contributed by atoms with E-state index in [9.17, 15) is 5.11 Å². The number of rotatable bonds is 6. The van der Waals surface area contributed by atoms with Crippen molar-refractivity contribution in [2.75, 3.05) is 13.2 Å². The fourth-order valence-electron chi connectivity index (χ4n) is 3.37. The lowest BCUT2D eigenvalue weighted by molar-refractivity contribution is -0.124. The zero-order valence-corrected chi connectivity index (χ0v) is 13.0. The Labute approximate surface area is 118 Å². The highest BCUT2D eigenvalue weighted by atomic mass is 16.5. The topological polar surface area (TPSA) is 41.5 Å². The van der Waals surface area contributed by atoms with Gasteiger partial charge in [0.1, 0.15) is 0 Å². The Balaban J connectivity index is 1.71. The number of hydrogen-bond donors (Lipinski definition) is 2. The van der Waals surface area contributed by atoms with Gasteiger partial charge in [0.2, 0.25) is 0 Å². The Bertz CT molecular complexity index is 290. The molecule has 4 unspecified atom stereocenters. The van der Waals surface area contributed by atoms with Crippen LogP contribution in [0.4, 0.5) is 0 Å². The van der Waals surface area contributed by atoms with Gasteiger partial charge in [0, 0.05) is 24.6 Å². The maximum atomic E-state index is 9.86. The standard InChI is InChI=1S/C16H31NO2/c1-11(2)10-19-15-8-14(16(15,3)4)17-9-12-6-5-7-13(12)18/h11-15,17-18H,5-10H2,1-4H3. The highest BCUT2D eigenvalue weighted by Gasteiger charge is 2.49. The van der Waals surface area contributed by atoms with Crippen LogP contribution in [0.25, 0.3) is 0 Å². The molecule has 2 rings (SSSR count). The summed E-state index contributed by atoms with van der Waals surface area (Å²) in [6.07, 6.45) is 4.77. The van der Waals surface area contributed by atoms with Gasteiger partial charge in [0.15, 0.2) is 0 Å². The summed E-state index contributed by atoms with van der Waals surface area (Å²) in [4.78, 5) is 0. The van der Waals surface area contributed by atoms with Gasteiger partial charge in [-0.05, 0) is 31.1 Å². The average molecular weight is 269 g/mol. The van der Waals surface area contributed by atoms with E-state index in [1.807, 2.05) is 0 Å². The van der Waals surface area contributed by atoms with Crippen molar-refractivity contribution >= 4 is 0 Å². The summed E-state index contributed by atoms with van der Waals surface area (Å²) < 4.78 is 5.99. The van der Waals surface area contributed by atoms with Gasteiger partial charge in [-0.1, -0.05) is 34.1 Å². The molecule has 2 N–H and O–H groups in total. The summed E-state index contributed by atoms with van der Waals surface area (Å²) in [7, 11) is 0. The minimum Gasteiger partial charge on any atom is -0.393 e. The first-order chi connectivity index (χ1) is 8.91. The van der Waals surface area contributed by atoms with Crippen molar-refractivity contribution in [3.05, 3.63) is 0 Å². The molecule has 0 aromatic rings. The van der Waals surface area contributed by atoms with Crippen LogP contribution in [0, 0.1) is 17.3 Å². The molecule has 0 amide bonds. The fraction of sp³-hybridized carbons (Fsp3) is 1.00. The van der Waals surface area contributed by atoms with Crippen molar-refractivity contribution in [2.24, 2.45) is 17.3 Å². The van der Waals surface area contributed by atoms with Crippen LogP contribution < -0.4 is 5.32 Å². The van der Waals surface area contributed by atoms with E-state index < -0.39 is 0 Å². The largest absolute Gasteiger partial charge is 0.393 e. The average Bonchev–Trinajstić information content (AvgIpc) is 2.72. The third-order valence-corrected chi connectivity index (χ3v) is 5.05. The Hall–Kier alpha value is -0.120. The van der Waals surface area contributed by atoms with E-state index in [0.717, 1.165) is 26.0 Å². The zero-order valence-electron chi connectivity index (χ0n) is 13.0. The molecular weight excluding hydrogens is 238 g/mol. The molecule has 3 nitrogen and oxygen atoms in total. The third kappa shape index (κ3) is 3.50. The van der Waals surface area contributed by atoms with E-state index in [1.54, 1.807) is 0 Å². The van der Waals surface area contributed by atoms with Crippen LogP contribution in [0.2, 0.25) is 0 Å². The molecule has 2 aliphatic carbocycles. The molecule has 3 heteroatoms. The summed E-state index contributed by atoms with van der Waals surface area (Å²) in [6, 6.07) is 0.539.